The molecule has 0 unspecified atom stereocenters. The number of hydrogen-bond acceptors (Lipinski definition) is 1. The molecule has 0 aliphatic heterocycles. The van der Waals surface area contributed by atoms with Gasteiger partial charge in [-0.05, 0) is 88.8 Å². The van der Waals surface area contributed by atoms with Crippen LogP contribution in [0.25, 0.3) is 98.7 Å². The first-order chi connectivity index (χ1) is 24.5. The van der Waals surface area contributed by atoms with Gasteiger partial charge in [-0.25, -0.2) is 0 Å². The molecule has 0 radical (unpaired) electrons. The van der Waals surface area contributed by atoms with Crippen molar-refractivity contribution >= 4 is 65.3 Å². The molecule has 10 rings (SSSR count). The summed E-state index contributed by atoms with van der Waals surface area (Å²) in [5.41, 5.74) is 11.4. The molecular formula is C48H35NO. The zero-order chi connectivity index (χ0) is 33.6. The highest BCUT2D eigenvalue weighted by atomic mass is 16.3. The van der Waals surface area contributed by atoms with Gasteiger partial charge in [0, 0.05) is 49.2 Å². The predicted octanol–water partition coefficient (Wildman–Crippen LogP) is 13.8. The maximum absolute atomic E-state index is 6.88. The fourth-order valence-corrected chi connectivity index (χ4v) is 8.38. The molecule has 0 aliphatic carbocycles. The molecule has 0 spiro atoms. The van der Waals surface area contributed by atoms with Crippen LogP contribution in [0, 0.1) is 0 Å². The third kappa shape index (κ3) is 4.21. The Kier molecular flexibility index (Phi) is 6.17. The second-order valence-corrected chi connectivity index (χ2v) is 14.5. The number of hydrogen-bond donors (Lipinski definition) is 0. The summed E-state index contributed by atoms with van der Waals surface area (Å²) >= 11 is 0. The van der Waals surface area contributed by atoms with Gasteiger partial charge in [-0.15, -0.1) is 0 Å². The van der Waals surface area contributed by atoms with Crippen LogP contribution < -0.4 is 0 Å². The smallest absolute Gasteiger partial charge is 0.144 e. The number of nitrogens with zero attached hydrogens (tertiary/aromatic N) is 1. The molecule has 238 valence electrons. The minimum absolute atomic E-state index is 0.0611. The Morgan fingerprint density at radius 3 is 1.80 bits per heavy atom. The number of fused-ring (bicyclic) bond motifs is 8. The average molecular weight is 642 g/mol. The zero-order valence-electron chi connectivity index (χ0n) is 28.4. The third-order valence-electron chi connectivity index (χ3n) is 10.4. The zero-order valence-corrected chi connectivity index (χ0v) is 28.4. The number of rotatable bonds is 3. The Balaban J connectivity index is 1.26. The lowest BCUT2D eigenvalue weighted by Gasteiger charge is -2.24. The fraction of sp³-hybridized carbons (Fsp3) is 0.0833. The van der Waals surface area contributed by atoms with Crippen molar-refractivity contribution in [3.63, 3.8) is 0 Å². The SMILES string of the molecule is CC(C)(C)n1c2ccccc2c2cc(-c3c4ccccc4c(-c4ccc(-c5cccc6ccccc56)cc4)c4oc5ccccc5c34)ccc21. The fourth-order valence-electron chi connectivity index (χ4n) is 8.38. The van der Waals surface area contributed by atoms with Crippen LogP contribution in [0.2, 0.25) is 0 Å². The second-order valence-electron chi connectivity index (χ2n) is 14.5. The number of furan rings is 1. The average Bonchev–Trinajstić information content (AvgIpc) is 3.69. The van der Waals surface area contributed by atoms with E-state index in [-0.39, 0.29) is 5.54 Å². The summed E-state index contributed by atoms with van der Waals surface area (Å²) in [7, 11) is 0. The van der Waals surface area contributed by atoms with Gasteiger partial charge in [0.25, 0.3) is 0 Å². The molecule has 2 aromatic heterocycles. The highest BCUT2D eigenvalue weighted by molar-refractivity contribution is 6.27. The molecule has 0 saturated carbocycles. The summed E-state index contributed by atoms with van der Waals surface area (Å²) < 4.78 is 9.36. The Morgan fingerprint density at radius 2 is 1.02 bits per heavy atom. The van der Waals surface area contributed by atoms with Crippen LogP contribution in [-0.2, 0) is 5.54 Å². The quantitative estimate of drug-likeness (QED) is 0.188. The first-order valence-corrected chi connectivity index (χ1v) is 17.4. The van der Waals surface area contributed by atoms with E-state index in [9.17, 15) is 0 Å². The van der Waals surface area contributed by atoms with E-state index in [1.54, 1.807) is 0 Å². The summed E-state index contributed by atoms with van der Waals surface area (Å²) in [6.07, 6.45) is 0. The number of aromatic nitrogens is 1. The van der Waals surface area contributed by atoms with Crippen molar-refractivity contribution in [2.45, 2.75) is 26.3 Å². The molecule has 10 aromatic rings. The molecule has 0 aliphatic rings. The Bertz CT molecular complexity index is 2940. The van der Waals surface area contributed by atoms with E-state index in [0.29, 0.717) is 0 Å². The van der Waals surface area contributed by atoms with E-state index in [1.165, 1.54) is 65.6 Å². The lowest BCUT2D eigenvalue weighted by atomic mass is 9.87. The van der Waals surface area contributed by atoms with Crippen molar-refractivity contribution in [1.82, 2.24) is 4.57 Å². The minimum atomic E-state index is -0.0611. The molecule has 2 nitrogen and oxygen atoms in total. The molecular weight excluding hydrogens is 607 g/mol. The summed E-state index contributed by atoms with van der Waals surface area (Å²) in [6.45, 7) is 6.86. The number of benzene rings is 8. The van der Waals surface area contributed by atoms with Gasteiger partial charge < -0.3 is 8.98 Å². The normalized spacial score (nSPS) is 12.3. The maximum Gasteiger partial charge on any atom is 0.144 e. The van der Waals surface area contributed by atoms with Crippen molar-refractivity contribution in [1.29, 1.82) is 0 Å². The Morgan fingerprint density at radius 1 is 0.440 bits per heavy atom. The molecule has 0 bridgehead atoms. The van der Waals surface area contributed by atoms with Gasteiger partial charge in [0.15, 0.2) is 0 Å². The van der Waals surface area contributed by atoms with Crippen LogP contribution >= 0.6 is 0 Å². The van der Waals surface area contributed by atoms with E-state index in [1.807, 2.05) is 0 Å². The van der Waals surface area contributed by atoms with Crippen molar-refractivity contribution in [3.8, 4) is 33.4 Å². The first-order valence-electron chi connectivity index (χ1n) is 17.4. The molecule has 0 atom stereocenters. The lowest BCUT2D eigenvalue weighted by Crippen LogP contribution is -2.21. The van der Waals surface area contributed by atoms with Crippen molar-refractivity contribution in [2.75, 3.05) is 0 Å². The molecule has 50 heavy (non-hydrogen) atoms. The van der Waals surface area contributed by atoms with Gasteiger partial charge >= 0.3 is 0 Å². The van der Waals surface area contributed by atoms with Crippen LogP contribution in [0.4, 0.5) is 0 Å². The van der Waals surface area contributed by atoms with Gasteiger partial charge in [-0.1, -0.05) is 133 Å². The highest BCUT2D eigenvalue weighted by Gasteiger charge is 2.24. The summed E-state index contributed by atoms with van der Waals surface area (Å²) in [4.78, 5) is 0. The lowest BCUT2D eigenvalue weighted by molar-refractivity contribution is 0.423. The molecule has 0 amide bonds. The largest absolute Gasteiger partial charge is 0.455 e. The van der Waals surface area contributed by atoms with Gasteiger partial charge in [-0.3, -0.25) is 0 Å². The van der Waals surface area contributed by atoms with Crippen LogP contribution in [0.5, 0.6) is 0 Å². The van der Waals surface area contributed by atoms with Crippen molar-refractivity contribution in [3.05, 3.63) is 158 Å². The van der Waals surface area contributed by atoms with Crippen molar-refractivity contribution in [2.24, 2.45) is 0 Å². The summed E-state index contributed by atoms with van der Waals surface area (Å²) in [6, 6.07) is 57.4. The second kappa shape index (κ2) is 10.7. The first kappa shape index (κ1) is 28.9. The van der Waals surface area contributed by atoms with Gasteiger partial charge in [0.2, 0.25) is 0 Å². The Labute approximate surface area is 290 Å². The molecule has 8 aromatic carbocycles. The van der Waals surface area contributed by atoms with E-state index in [2.05, 4.69) is 183 Å². The van der Waals surface area contributed by atoms with Gasteiger partial charge in [0.05, 0.1) is 0 Å². The molecule has 2 heterocycles. The summed E-state index contributed by atoms with van der Waals surface area (Å²) in [5, 5.41) is 9.76. The van der Waals surface area contributed by atoms with Crippen molar-refractivity contribution < 1.29 is 4.42 Å². The van der Waals surface area contributed by atoms with Crippen LogP contribution in [-0.4, -0.2) is 4.57 Å². The van der Waals surface area contributed by atoms with Crippen LogP contribution in [0.3, 0.4) is 0 Å². The van der Waals surface area contributed by atoms with Crippen LogP contribution in [0.1, 0.15) is 20.8 Å². The van der Waals surface area contributed by atoms with Gasteiger partial charge in [-0.2, -0.15) is 0 Å². The van der Waals surface area contributed by atoms with E-state index in [0.717, 1.165) is 33.1 Å². The van der Waals surface area contributed by atoms with E-state index >= 15 is 0 Å². The van der Waals surface area contributed by atoms with E-state index < -0.39 is 0 Å². The van der Waals surface area contributed by atoms with Crippen LogP contribution in [0.15, 0.2) is 162 Å². The highest BCUT2D eigenvalue weighted by Crippen LogP contribution is 2.48. The Hall–Kier alpha value is -6.12. The maximum atomic E-state index is 6.88. The summed E-state index contributed by atoms with van der Waals surface area (Å²) in [5.74, 6) is 0. The number of para-hydroxylation sites is 2. The third-order valence-corrected chi connectivity index (χ3v) is 10.4. The molecule has 2 heteroatoms. The minimum Gasteiger partial charge on any atom is -0.455 e. The van der Waals surface area contributed by atoms with Gasteiger partial charge in [0.1, 0.15) is 11.2 Å². The molecule has 0 N–H and O–H groups in total. The molecule has 0 saturated heterocycles. The topological polar surface area (TPSA) is 18.1 Å². The monoisotopic (exact) mass is 641 g/mol. The standard InChI is InChI=1S/C48H35NO/c1-48(2,3)49-41-21-10-8-16-36(41)40-29-33(27-28-42(40)49)44-37-17-6-7-18-38(37)45(47-46(44)39-19-9-11-22-43(39)50-47)32-25-23-31(24-26-32)35-20-12-14-30-13-4-5-15-34(30)35/h4-29H,1-3H3. The molecule has 0 fully saturated rings. The van der Waals surface area contributed by atoms with E-state index in [4.69, 9.17) is 4.42 Å². The predicted molar refractivity (Wildman–Crippen MR) is 213 cm³/mol.